The van der Waals surface area contributed by atoms with Gasteiger partial charge in [0.2, 0.25) is 4.80 Å². The number of hydrogen-bond donors (Lipinski definition) is 0. The average molecular weight is 337 g/mol. The Balaban J connectivity index is 2.06. The number of nitrogens with zero attached hydrogens (tertiary/aromatic N) is 3. The fourth-order valence-electron chi connectivity index (χ4n) is 2.22. The standard InChI is InChI=1S/C19H19N3OS/c1-4-11-20-19-22(21-12-17-10-7-15(3)23-17)18(13-24-19)16-8-5-14(2)6-9-16/h4-10,12-13H,1,11H2,2-3H3. The topological polar surface area (TPSA) is 42.8 Å². The van der Waals surface area contributed by atoms with Crippen molar-refractivity contribution in [1.29, 1.82) is 0 Å². The molecule has 0 aliphatic heterocycles. The van der Waals surface area contributed by atoms with Gasteiger partial charge in [-0.25, -0.2) is 4.68 Å². The normalized spacial score (nSPS) is 12.2. The number of benzene rings is 1. The zero-order chi connectivity index (χ0) is 16.9. The highest BCUT2D eigenvalue weighted by Gasteiger charge is 2.07. The number of furan rings is 1. The van der Waals surface area contributed by atoms with Crippen molar-refractivity contribution in [2.75, 3.05) is 6.54 Å². The Hall–Kier alpha value is -2.66. The third kappa shape index (κ3) is 3.63. The summed E-state index contributed by atoms with van der Waals surface area (Å²) in [6.07, 6.45) is 3.49. The van der Waals surface area contributed by atoms with Gasteiger partial charge in [-0.15, -0.1) is 17.9 Å². The fraction of sp³-hybridized carbons (Fsp3) is 0.158. The van der Waals surface area contributed by atoms with E-state index in [0.29, 0.717) is 6.54 Å². The van der Waals surface area contributed by atoms with Crippen molar-refractivity contribution in [3.05, 3.63) is 76.3 Å². The molecule has 0 aliphatic rings. The summed E-state index contributed by atoms with van der Waals surface area (Å²) in [6.45, 7) is 8.27. The van der Waals surface area contributed by atoms with Gasteiger partial charge in [0.25, 0.3) is 0 Å². The average Bonchev–Trinajstić information content (AvgIpc) is 3.17. The van der Waals surface area contributed by atoms with Crippen LogP contribution in [0.4, 0.5) is 0 Å². The molecule has 122 valence electrons. The van der Waals surface area contributed by atoms with Crippen LogP contribution >= 0.6 is 11.3 Å². The van der Waals surface area contributed by atoms with Gasteiger partial charge in [-0.05, 0) is 26.0 Å². The molecule has 3 aromatic rings. The van der Waals surface area contributed by atoms with Crippen molar-refractivity contribution in [3.63, 3.8) is 0 Å². The van der Waals surface area contributed by atoms with E-state index in [4.69, 9.17) is 4.42 Å². The SMILES string of the molecule is C=CCN=c1scc(-c2ccc(C)cc2)n1N=Cc1ccc(C)o1. The zero-order valence-electron chi connectivity index (χ0n) is 13.8. The summed E-state index contributed by atoms with van der Waals surface area (Å²) in [5, 5.41) is 6.65. The van der Waals surface area contributed by atoms with Gasteiger partial charge in [0.15, 0.2) is 0 Å². The lowest BCUT2D eigenvalue weighted by Crippen LogP contribution is -2.12. The molecule has 2 aromatic heterocycles. The maximum Gasteiger partial charge on any atom is 0.206 e. The second kappa shape index (κ2) is 7.27. The molecule has 3 rings (SSSR count). The Morgan fingerprint density at radius 3 is 2.62 bits per heavy atom. The summed E-state index contributed by atoms with van der Waals surface area (Å²) < 4.78 is 7.40. The number of hydrogen-bond acceptors (Lipinski definition) is 4. The molecule has 5 heteroatoms. The molecule has 0 bridgehead atoms. The van der Waals surface area contributed by atoms with E-state index in [1.807, 2.05) is 23.7 Å². The summed E-state index contributed by atoms with van der Waals surface area (Å²) in [5.74, 6) is 1.58. The lowest BCUT2D eigenvalue weighted by molar-refractivity contribution is 0.527. The second-order valence-electron chi connectivity index (χ2n) is 5.40. The Labute approximate surface area is 145 Å². The van der Waals surface area contributed by atoms with Crippen LogP contribution in [0.15, 0.2) is 68.9 Å². The van der Waals surface area contributed by atoms with Crippen LogP contribution in [0.3, 0.4) is 0 Å². The molecule has 4 nitrogen and oxygen atoms in total. The molecule has 0 aliphatic carbocycles. The van der Waals surface area contributed by atoms with Gasteiger partial charge in [-0.1, -0.05) is 35.9 Å². The Kier molecular flexibility index (Phi) is 4.91. The first-order valence-corrected chi connectivity index (χ1v) is 8.55. The second-order valence-corrected chi connectivity index (χ2v) is 6.24. The van der Waals surface area contributed by atoms with Crippen LogP contribution < -0.4 is 4.80 Å². The molecule has 0 amide bonds. The van der Waals surface area contributed by atoms with Crippen LogP contribution in [0.25, 0.3) is 11.3 Å². The van der Waals surface area contributed by atoms with Crippen molar-refractivity contribution in [1.82, 2.24) is 4.68 Å². The molecule has 0 spiro atoms. The van der Waals surface area contributed by atoms with E-state index in [1.165, 1.54) is 5.56 Å². The zero-order valence-corrected chi connectivity index (χ0v) is 14.6. The first kappa shape index (κ1) is 16.2. The maximum absolute atomic E-state index is 5.56. The van der Waals surface area contributed by atoms with E-state index in [-0.39, 0.29) is 0 Å². The highest BCUT2D eigenvalue weighted by molar-refractivity contribution is 7.07. The number of rotatable bonds is 5. The summed E-state index contributed by atoms with van der Waals surface area (Å²) >= 11 is 1.56. The number of aryl methyl sites for hydroxylation is 2. The van der Waals surface area contributed by atoms with Crippen LogP contribution in [0, 0.1) is 13.8 Å². The van der Waals surface area contributed by atoms with E-state index in [1.54, 1.807) is 23.6 Å². The van der Waals surface area contributed by atoms with Crippen molar-refractivity contribution in [3.8, 4) is 11.3 Å². The Bertz CT molecular complexity index is 926. The Morgan fingerprint density at radius 1 is 1.17 bits per heavy atom. The lowest BCUT2D eigenvalue weighted by Gasteiger charge is -2.03. The quantitative estimate of drug-likeness (QED) is 0.503. The molecule has 24 heavy (non-hydrogen) atoms. The largest absolute Gasteiger partial charge is 0.460 e. The van der Waals surface area contributed by atoms with Gasteiger partial charge >= 0.3 is 0 Å². The summed E-state index contributed by atoms with van der Waals surface area (Å²) in [7, 11) is 0. The maximum atomic E-state index is 5.56. The number of thiazole rings is 1. The van der Waals surface area contributed by atoms with E-state index >= 15 is 0 Å². The smallest absolute Gasteiger partial charge is 0.206 e. The highest BCUT2D eigenvalue weighted by Crippen LogP contribution is 2.20. The molecule has 0 unspecified atom stereocenters. The van der Waals surface area contributed by atoms with Gasteiger partial charge in [-0.2, -0.15) is 5.10 Å². The van der Waals surface area contributed by atoms with Crippen LogP contribution in [0.5, 0.6) is 0 Å². The van der Waals surface area contributed by atoms with Gasteiger partial charge in [-0.3, -0.25) is 4.99 Å². The van der Waals surface area contributed by atoms with Gasteiger partial charge in [0.1, 0.15) is 11.5 Å². The van der Waals surface area contributed by atoms with E-state index in [9.17, 15) is 0 Å². The van der Waals surface area contributed by atoms with Crippen molar-refractivity contribution >= 4 is 17.6 Å². The highest BCUT2D eigenvalue weighted by atomic mass is 32.1. The molecule has 0 radical (unpaired) electrons. The molecule has 0 fully saturated rings. The van der Waals surface area contributed by atoms with Crippen molar-refractivity contribution in [2.24, 2.45) is 10.1 Å². The lowest BCUT2D eigenvalue weighted by atomic mass is 10.1. The molecule has 0 N–H and O–H groups in total. The van der Waals surface area contributed by atoms with Crippen LogP contribution in [0.2, 0.25) is 0 Å². The van der Waals surface area contributed by atoms with E-state index in [2.05, 4.69) is 53.2 Å². The summed E-state index contributed by atoms with van der Waals surface area (Å²) in [6, 6.07) is 12.2. The Morgan fingerprint density at radius 2 is 1.96 bits per heavy atom. The first-order valence-electron chi connectivity index (χ1n) is 7.67. The minimum absolute atomic E-state index is 0.559. The predicted molar refractivity (Wildman–Crippen MR) is 99.5 cm³/mol. The van der Waals surface area contributed by atoms with Crippen molar-refractivity contribution < 1.29 is 4.42 Å². The van der Waals surface area contributed by atoms with Gasteiger partial charge in [0, 0.05) is 10.9 Å². The van der Waals surface area contributed by atoms with Crippen molar-refractivity contribution in [2.45, 2.75) is 13.8 Å². The molecule has 0 saturated heterocycles. The van der Waals surface area contributed by atoms with Gasteiger partial charge < -0.3 is 4.42 Å². The molecular weight excluding hydrogens is 318 g/mol. The fourth-order valence-corrected chi connectivity index (χ4v) is 3.07. The minimum Gasteiger partial charge on any atom is -0.460 e. The van der Waals surface area contributed by atoms with Crippen LogP contribution in [-0.2, 0) is 0 Å². The number of aromatic nitrogens is 1. The van der Waals surface area contributed by atoms with Gasteiger partial charge in [0.05, 0.1) is 18.5 Å². The molecule has 2 heterocycles. The first-order chi connectivity index (χ1) is 11.7. The summed E-state index contributed by atoms with van der Waals surface area (Å²) in [4.78, 5) is 5.35. The summed E-state index contributed by atoms with van der Waals surface area (Å²) in [5.41, 5.74) is 3.33. The van der Waals surface area contributed by atoms with E-state index < -0.39 is 0 Å². The molecular formula is C19H19N3OS. The minimum atomic E-state index is 0.559. The van der Waals surface area contributed by atoms with E-state index in [0.717, 1.165) is 27.6 Å². The monoisotopic (exact) mass is 337 g/mol. The van der Waals surface area contributed by atoms with Crippen LogP contribution in [0.1, 0.15) is 17.1 Å². The molecule has 1 aromatic carbocycles. The predicted octanol–water partition coefficient (Wildman–Crippen LogP) is 4.40. The third-order valence-electron chi connectivity index (χ3n) is 3.45. The molecule has 0 atom stereocenters. The third-order valence-corrected chi connectivity index (χ3v) is 4.30. The van der Waals surface area contributed by atoms with Crippen LogP contribution in [-0.4, -0.2) is 17.4 Å². The molecule has 0 saturated carbocycles.